The van der Waals surface area contributed by atoms with Crippen LogP contribution in [-0.2, 0) is 9.84 Å². The van der Waals surface area contributed by atoms with Gasteiger partial charge >= 0.3 is 0 Å². The van der Waals surface area contributed by atoms with Crippen molar-refractivity contribution in [1.29, 1.82) is 0 Å². The Morgan fingerprint density at radius 1 is 1.17 bits per heavy atom. The van der Waals surface area contributed by atoms with Crippen molar-refractivity contribution >= 4 is 9.84 Å². The van der Waals surface area contributed by atoms with Gasteiger partial charge in [-0.25, -0.2) is 8.42 Å². The van der Waals surface area contributed by atoms with Gasteiger partial charge in [-0.15, -0.1) is 0 Å². The second kappa shape index (κ2) is 6.34. The Kier molecular flexibility index (Phi) is 5.35. The summed E-state index contributed by atoms with van der Waals surface area (Å²) < 4.78 is 22.5. The Morgan fingerprint density at radius 2 is 1.72 bits per heavy atom. The molecule has 0 radical (unpaired) electrons. The van der Waals surface area contributed by atoms with Gasteiger partial charge in [0.05, 0.1) is 5.75 Å². The molecule has 0 N–H and O–H groups in total. The maximum Gasteiger partial charge on any atom is 0.148 e. The van der Waals surface area contributed by atoms with Gasteiger partial charge < -0.3 is 0 Å². The highest BCUT2D eigenvalue weighted by atomic mass is 32.2. The van der Waals surface area contributed by atoms with Gasteiger partial charge in [0.2, 0.25) is 0 Å². The lowest BCUT2D eigenvalue weighted by Crippen LogP contribution is -2.32. The lowest BCUT2D eigenvalue weighted by atomic mass is 9.95. The van der Waals surface area contributed by atoms with Crippen LogP contribution in [0.1, 0.15) is 25.5 Å². The van der Waals surface area contributed by atoms with Gasteiger partial charge in [0.15, 0.2) is 0 Å². The first-order valence-corrected chi connectivity index (χ1v) is 8.30. The zero-order valence-corrected chi connectivity index (χ0v) is 12.4. The Hall–Kier alpha value is -0.870. The van der Waals surface area contributed by atoms with E-state index < -0.39 is 9.84 Å². The molecule has 0 fully saturated rings. The van der Waals surface area contributed by atoms with E-state index in [1.165, 1.54) is 11.8 Å². The summed E-state index contributed by atoms with van der Waals surface area (Å²) in [6.45, 7) is 4.89. The summed E-state index contributed by atoms with van der Waals surface area (Å²) in [5.74, 6) is 0.650. The predicted octanol–water partition coefficient (Wildman–Crippen LogP) is 2.36. The van der Waals surface area contributed by atoms with Crippen LogP contribution in [0.4, 0.5) is 0 Å². The molecule has 0 heterocycles. The maximum absolute atomic E-state index is 11.2. The van der Waals surface area contributed by atoms with E-state index in [9.17, 15) is 8.42 Å². The molecule has 0 aliphatic rings. The summed E-state index contributed by atoms with van der Waals surface area (Å²) in [4.78, 5) is 2.13. The average molecular weight is 269 g/mol. The van der Waals surface area contributed by atoms with Crippen LogP contribution < -0.4 is 0 Å². The first kappa shape index (κ1) is 15.2. The highest BCUT2D eigenvalue weighted by molar-refractivity contribution is 7.90. The van der Waals surface area contributed by atoms with Crippen LogP contribution in [0.25, 0.3) is 0 Å². The first-order valence-electron chi connectivity index (χ1n) is 6.24. The summed E-state index contributed by atoms with van der Waals surface area (Å²) in [5, 5.41) is 0. The highest BCUT2D eigenvalue weighted by Gasteiger charge is 2.21. The molecule has 1 rings (SSSR count). The second-order valence-electron chi connectivity index (χ2n) is 5.21. The smallest absolute Gasteiger partial charge is 0.148 e. The third-order valence-corrected chi connectivity index (χ3v) is 3.99. The number of sulfone groups is 1. The Balaban J connectivity index is 2.80. The SMILES string of the molecule is CC(C)[C@@H](c1ccccc1)N(C)CCS(C)(=O)=O. The van der Waals surface area contributed by atoms with E-state index in [-0.39, 0.29) is 11.8 Å². The number of hydrogen-bond acceptors (Lipinski definition) is 3. The van der Waals surface area contributed by atoms with Crippen LogP contribution >= 0.6 is 0 Å². The van der Waals surface area contributed by atoms with Gasteiger partial charge in [-0.3, -0.25) is 4.90 Å². The topological polar surface area (TPSA) is 37.4 Å². The van der Waals surface area contributed by atoms with Gasteiger partial charge in [-0.2, -0.15) is 0 Å². The van der Waals surface area contributed by atoms with Crippen molar-refractivity contribution in [1.82, 2.24) is 4.90 Å². The minimum atomic E-state index is -2.90. The molecule has 1 aromatic carbocycles. The summed E-state index contributed by atoms with van der Waals surface area (Å²) in [6.07, 6.45) is 1.29. The lowest BCUT2D eigenvalue weighted by Gasteiger charge is -2.31. The fourth-order valence-electron chi connectivity index (χ4n) is 2.25. The van der Waals surface area contributed by atoms with Crippen molar-refractivity contribution in [3.05, 3.63) is 35.9 Å². The lowest BCUT2D eigenvalue weighted by molar-refractivity contribution is 0.204. The first-order chi connectivity index (χ1) is 8.31. The summed E-state index contributed by atoms with van der Waals surface area (Å²) in [7, 11) is -0.913. The fraction of sp³-hybridized carbons (Fsp3) is 0.571. The molecular formula is C14H23NO2S. The van der Waals surface area contributed by atoms with Crippen molar-refractivity contribution < 1.29 is 8.42 Å². The quantitative estimate of drug-likeness (QED) is 0.795. The van der Waals surface area contributed by atoms with E-state index in [1.54, 1.807) is 0 Å². The van der Waals surface area contributed by atoms with Crippen molar-refractivity contribution in [3.63, 3.8) is 0 Å². The monoisotopic (exact) mass is 269 g/mol. The van der Waals surface area contributed by atoms with Gasteiger partial charge in [-0.1, -0.05) is 44.2 Å². The fourth-order valence-corrected chi connectivity index (χ4v) is 2.87. The van der Waals surface area contributed by atoms with E-state index in [2.05, 4.69) is 30.9 Å². The van der Waals surface area contributed by atoms with Gasteiger partial charge in [0, 0.05) is 18.8 Å². The number of benzene rings is 1. The zero-order chi connectivity index (χ0) is 13.8. The molecule has 0 bridgehead atoms. The number of hydrogen-bond donors (Lipinski definition) is 0. The van der Waals surface area contributed by atoms with Crippen molar-refractivity contribution in [2.75, 3.05) is 25.6 Å². The Labute approximate surface area is 111 Å². The van der Waals surface area contributed by atoms with E-state index in [0.29, 0.717) is 12.5 Å². The number of rotatable bonds is 6. The molecule has 1 atom stereocenters. The van der Waals surface area contributed by atoms with E-state index in [0.717, 1.165) is 0 Å². The third-order valence-electron chi connectivity index (χ3n) is 3.06. The average Bonchev–Trinajstić information content (AvgIpc) is 2.26. The van der Waals surface area contributed by atoms with E-state index >= 15 is 0 Å². The predicted molar refractivity (Wildman–Crippen MR) is 76.4 cm³/mol. The second-order valence-corrected chi connectivity index (χ2v) is 7.47. The van der Waals surface area contributed by atoms with Crippen molar-refractivity contribution in [2.24, 2.45) is 5.92 Å². The van der Waals surface area contributed by atoms with Crippen LogP contribution in [-0.4, -0.2) is 38.9 Å². The molecule has 102 valence electrons. The van der Waals surface area contributed by atoms with E-state index in [4.69, 9.17) is 0 Å². The molecule has 0 amide bonds. The largest absolute Gasteiger partial charge is 0.298 e. The summed E-state index contributed by atoms with van der Waals surface area (Å²) in [5.41, 5.74) is 1.24. The zero-order valence-electron chi connectivity index (χ0n) is 11.6. The summed E-state index contributed by atoms with van der Waals surface area (Å²) in [6, 6.07) is 10.5. The Bertz CT molecular complexity index is 454. The highest BCUT2D eigenvalue weighted by Crippen LogP contribution is 2.26. The van der Waals surface area contributed by atoms with Crippen LogP contribution in [0.3, 0.4) is 0 Å². The molecule has 3 nitrogen and oxygen atoms in total. The molecule has 18 heavy (non-hydrogen) atoms. The molecule has 4 heteroatoms. The normalized spacial score (nSPS) is 14.1. The molecule has 0 aromatic heterocycles. The molecule has 0 spiro atoms. The van der Waals surface area contributed by atoms with Gasteiger partial charge in [0.1, 0.15) is 9.84 Å². The molecule has 0 saturated heterocycles. The maximum atomic E-state index is 11.2. The standard InChI is InChI=1S/C14H23NO2S/c1-12(2)14(13-8-6-5-7-9-13)15(3)10-11-18(4,16)17/h5-9,12,14H,10-11H2,1-4H3/t14-/m0/s1. The van der Waals surface area contributed by atoms with Crippen LogP contribution in [0, 0.1) is 5.92 Å². The van der Waals surface area contributed by atoms with Gasteiger partial charge in [0.25, 0.3) is 0 Å². The molecule has 1 aromatic rings. The van der Waals surface area contributed by atoms with Crippen LogP contribution in [0.15, 0.2) is 30.3 Å². The minimum absolute atomic E-state index is 0.208. The third kappa shape index (κ3) is 4.78. The van der Waals surface area contributed by atoms with Crippen molar-refractivity contribution in [3.8, 4) is 0 Å². The molecule has 0 unspecified atom stereocenters. The van der Waals surface area contributed by atoms with Crippen LogP contribution in [0.2, 0.25) is 0 Å². The minimum Gasteiger partial charge on any atom is -0.298 e. The number of nitrogens with zero attached hydrogens (tertiary/aromatic N) is 1. The Morgan fingerprint density at radius 3 is 2.17 bits per heavy atom. The summed E-state index contributed by atoms with van der Waals surface area (Å²) >= 11 is 0. The van der Waals surface area contributed by atoms with Crippen LogP contribution in [0.5, 0.6) is 0 Å². The molecule has 0 aliphatic heterocycles. The molecular weight excluding hydrogens is 246 g/mol. The van der Waals surface area contributed by atoms with Crippen molar-refractivity contribution in [2.45, 2.75) is 19.9 Å². The molecule has 0 aliphatic carbocycles. The molecule has 0 saturated carbocycles. The van der Waals surface area contributed by atoms with Gasteiger partial charge in [-0.05, 0) is 18.5 Å². The van der Waals surface area contributed by atoms with E-state index in [1.807, 2.05) is 25.2 Å².